The normalized spacial score (nSPS) is 33.0. The Labute approximate surface area is 152 Å². The van der Waals surface area contributed by atoms with E-state index in [0.29, 0.717) is 17.8 Å². The minimum atomic E-state index is -0.700. The van der Waals surface area contributed by atoms with E-state index >= 15 is 0 Å². The Hall–Kier alpha value is -0.870. The molecule has 0 aromatic carbocycles. The summed E-state index contributed by atoms with van der Waals surface area (Å²) >= 11 is 0. The number of hydrogen-bond donors (Lipinski definition) is 3. The summed E-state index contributed by atoms with van der Waals surface area (Å²) in [5.41, 5.74) is 0. The van der Waals surface area contributed by atoms with Gasteiger partial charge in [-0.25, -0.2) is 0 Å². The van der Waals surface area contributed by atoms with Crippen molar-refractivity contribution >= 4 is 5.97 Å². The van der Waals surface area contributed by atoms with Gasteiger partial charge in [-0.05, 0) is 49.9 Å². The molecule has 2 aliphatic rings. The van der Waals surface area contributed by atoms with Crippen molar-refractivity contribution in [2.75, 3.05) is 0 Å². The van der Waals surface area contributed by atoms with Crippen LogP contribution in [-0.4, -0.2) is 33.5 Å². The molecule has 3 N–H and O–H groups in total. The van der Waals surface area contributed by atoms with Gasteiger partial charge in [0.2, 0.25) is 0 Å². The zero-order valence-corrected chi connectivity index (χ0v) is 15.6. The standard InChI is InChI=1S/C21H36O4/c1-2-3-4-8-17(22)10-11-18-19-13-15(7-5-6-9-21(24)25)12-16(19)14-20(18)23/h10-11,15-20,22-23H,2-9,12-14H2,1H3,(H,24,25)/b11-10+/t15?,16-,17-,18+,19-,20+/m0/s1. The molecule has 25 heavy (non-hydrogen) atoms. The van der Waals surface area contributed by atoms with Crippen molar-refractivity contribution in [1.82, 2.24) is 0 Å². The quantitative estimate of drug-likeness (QED) is 0.385. The highest BCUT2D eigenvalue weighted by Crippen LogP contribution is 2.51. The van der Waals surface area contributed by atoms with Crippen molar-refractivity contribution in [2.24, 2.45) is 23.7 Å². The molecule has 4 nitrogen and oxygen atoms in total. The second-order valence-corrected chi connectivity index (χ2v) is 8.23. The van der Waals surface area contributed by atoms with E-state index in [1.165, 1.54) is 6.42 Å². The zero-order chi connectivity index (χ0) is 18.2. The molecule has 0 bridgehead atoms. The molecular formula is C21H36O4. The van der Waals surface area contributed by atoms with E-state index in [2.05, 4.69) is 13.0 Å². The molecule has 0 saturated heterocycles. The SMILES string of the molecule is CCCCC[C@H](O)/C=C/[C@@H]1[C@H]2CC(CCCCC(=O)O)C[C@H]2C[C@H]1O. The zero-order valence-electron chi connectivity index (χ0n) is 15.6. The summed E-state index contributed by atoms with van der Waals surface area (Å²) in [4.78, 5) is 10.6. The van der Waals surface area contributed by atoms with Crippen molar-refractivity contribution in [2.45, 2.75) is 89.8 Å². The Morgan fingerprint density at radius 2 is 1.96 bits per heavy atom. The van der Waals surface area contributed by atoms with Crippen LogP contribution >= 0.6 is 0 Å². The Kier molecular flexibility index (Phi) is 8.44. The fourth-order valence-corrected chi connectivity index (χ4v) is 4.94. The summed E-state index contributed by atoms with van der Waals surface area (Å²) in [7, 11) is 0. The number of aliphatic carboxylic acids is 1. The van der Waals surface area contributed by atoms with Crippen LogP contribution in [0.2, 0.25) is 0 Å². The van der Waals surface area contributed by atoms with Crippen molar-refractivity contribution in [3.63, 3.8) is 0 Å². The van der Waals surface area contributed by atoms with Crippen LogP contribution in [0.5, 0.6) is 0 Å². The minimum Gasteiger partial charge on any atom is -0.481 e. The highest BCUT2D eigenvalue weighted by atomic mass is 16.4. The maximum absolute atomic E-state index is 10.6. The molecule has 6 atom stereocenters. The topological polar surface area (TPSA) is 77.8 Å². The molecule has 4 heteroatoms. The van der Waals surface area contributed by atoms with Gasteiger partial charge in [-0.2, -0.15) is 0 Å². The van der Waals surface area contributed by atoms with Gasteiger partial charge >= 0.3 is 5.97 Å². The summed E-state index contributed by atoms with van der Waals surface area (Å²) in [6.07, 6.45) is 13.9. The van der Waals surface area contributed by atoms with E-state index in [4.69, 9.17) is 5.11 Å². The first-order valence-electron chi connectivity index (χ1n) is 10.3. The van der Waals surface area contributed by atoms with Crippen molar-refractivity contribution in [3.8, 4) is 0 Å². The van der Waals surface area contributed by atoms with Crippen LogP contribution in [0.3, 0.4) is 0 Å². The molecule has 0 heterocycles. The van der Waals surface area contributed by atoms with Gasteiger partial charge in [-0.3, -0.25) is 4.79 Å². The third-order valence-corrected chi connectivity index (χ3v) is 6.24. The molecule has 0 amide bonds. The Morgan fingerprint density at radius 1 is 1.16 bits per heavy atom. The van der Waals surface area contributed by atoms with Gasteiger partial charge in [0.05, 0.1) is 12.2 Å². The number of rotatable bonds is 11. The highest BCUT2D eigenvalue weighted by molar-refractivity contribution is 5.66. The number of carboxylic acids is 1. The van der Waals surface area contributed by atoms with Gasteiger partial charge in [0.1, 0.15) is 0 Å². The molecule has 1 unspecified atom stereocenters. The van der Waals surface area contributed by atoms with E-state index in [1.54, 1.807) is 0 Å². The largest absolute Gasteiger partial charge is 0.481 e. The van der Waals surface area contributed by atoms with Crippen LogP contribution in [0.4, 0.5) is 0 Å². The summed E-state index contributed by atoms with van der Waals surface area (Å²) in [6.45, 7) is 2.16. The molecular weight excluding hydrogens is 316 g/mol. The van der Waals surface area contributed by atoms with Crippen LogP contribution in [0.25, 0.3) is 0 Å². The van der Waals surface area contributed by atoms with E-state index in [0.717, 1.165) is 57.8 Å². The van der Waals surface area contributed by atoms with Gasteiger partial charge in [0, 0.05) is 12.3 Å². The number of unbranched alkanes of at least 4 members (excludes halogenated alkanes) is 3. The van der Waals surface area contributed by atoms with Crippen LogP contribution < -0.4 is 0 Å². The average molecular weight is 353 g/mol. The average Bonchev–Trinajstić information content (AvgIpc) is 3.06. The van der Waals surface area contributed by atoms with E-state index in [1.807, 2.05) is 6.08 Å². The van der Waals surface area contributed by atoms with Crippen molar-refractivity contribution < 1.29 is 20.1 Å². The van der Waals surface area contributed by atoms with Crippen LogP contribution in [-0.2, 0) is 4.79 Å². The van der Waals surface area contributed by atoms with E-state index < -0.39 is 5.97 Å². The first-order valence-corrected chi connectivity index (χ1v) is 10.3. The van der Waals surface area contributed by atoms with Gasteiger partial charge in [-0.15, -0.1) is 0 Å². The number of aliphatic hydroxyl groups is 2. The fourth-order valence-electron chi connectivity index (χ4n) is 4.94. The first-order chi connectivity index (χ1) is 12.0. The molecule has 2 fully saturated rings. The smallest absolute Gasteiger partial charge is 0.303 e. The summed E-state index contributed by atoms with van der Waals surface area (Å²) < 4.78 is 0. The Balaban J connectivity index is 1.76. The Morgan fingerprint density at radius 3 is 2.68 bits per heavy atom. The lowest BCUT2D eigenvalue weighted by molar-refractivity contribution is -0.137. The number of aliphatic hydroxyl groups excluding tert-OH is 2. The molecule has 0 aromatic rings. The molecule has 0 aliphatic heterocycles. The van der Waals surface area contributed by atoms with Crippen LogP contribution in [0.15, 0.2) is 12.2 Å². The Bertz CT molecular complexity index is 434. The molecule has 2 rings (SSSR count). The van der Waals surface area contributed by atoms with Gasteiger partial charge < -0.3 is 15.3 Å². The van der Waals surface area contributed by atoms with E-state index in [-0.39, 0.29) is 24.5 Å². The molecule has 2 aliphatic carbocycles. The second-order valence-electron chi connectivity index (χ2n) is 8.23. The maximum atomic E-state index is 10.6. The highest BCUT2D eigenvalue weighted by Gasteiger charge is 2.46. The molecule has 0 radical (unpaired) electrons. The maximum Gasteiger partial charge on any atom is 0.303 e. The molecule has 144 valence electrons. The van der Waals surface area contributed by atoms with Crippen LogP contribution in [0.1, 0.15) is 77.6 Å². The lowest BCUT2D eigenvalue weighted by atomic mass is 9.89. The predicted octanol–water partition coefficient (Wildman–Crippen LogP) is 4.15. The van der Waals surface area contributed by atoms with Crippen molar-refractivity contribution in [3.05, 3.63) is 12.2 Å². The summed E-state index contributed by atoms with van der Waals surface area (Å²) in [5, 5.41) is 29.2. The lowest BCUT2D eigenvalue weighted by Crippen LogP contribution is -2.18. The fraction of sp³-hybridized carbons (Fsp3) is 0.857. The van der Waals surface area contributed by atoms with Gasteiger partial charge in [0.15, 0.2) is 0 Å². The second kappa shape index (κ2) is 10.3. The third-order valence-electron chi connectivity index (χ3n) is 6.24. The summed E-state index contributed by atoms with van der Waals surface area (Å²) in [6, 6.07) is 0. The number of carbonyl (C=O) groups is 1. The number of hydrogen-bond acceptors (Lipinski definition) is 3. The van der Waals surface area contributed by atoms with Crippen LogP contribution in [0, 0.1) is 23.7 Å². The number of carboxylic acid groups (broad SMARTS) is 1. The molecule has 0 aromatic heterocycles. The molecule has 2 saturated carbocycles. The number of fused-ring (bicyclic) bond motifs is 1. The van der Waals surface area contributed by atoms with E-state index in [9.17, 15) is 15.0 Å². The predicted molar refractivity (Wildman–Crippen MR) is 99.2 cm³/mol. The lowest BCUT2D eigenvalue weighted by Gasteiger charge is -2.19. The molecule has 0 spiro atoms. The first kappa shape index (κ1) is 20.4. The third kappa shape index (κ3) is 6.41. The monoisotopic (exact) mass is 352 g/mol. The van der Waals surface area contributed by atoms with Gasteiger partial charge in [0.25, 0.3) is 0 Å². The minimum absolute atomic E-state index is 0.190. The van der Waals surface area contributed by atoms with Crippen molar-refractivity contribution in [1.29, 1.82) is 0 Å². The summed E-state index contributed by atoms with van der Waals surface area (Å²) in [5.74, 6) is 1.32. The van der Waals surface area contributed by atoms with Gasteiger partial charge in [-0.1, -0.05) is 51.2 Å².